The number of hydrogen-bond acceptors (Lipinski definition) is 3. The van der Waals surface area contributed by atoms with Crippen molar-refractivity contribution in [3.63, 3.8) is 0 Å². The molecule has 1 aromatic carbocycles. The summed E-state index contributed by atoms with van der Waals surface area (Å²) in [5.41, 5.74) is 2.32. The number of rotatable bonds is 2. The van der Waals surface area contributed by atoms with Crippen molar-refractivity contribution < 1.29 is 4.79 Å². The zero-order valence-electron chi connectivity index (χ0n) is 10.7. The van der Waals surface area contributed by atoms with Crippen LogP contribution in [0.2, 0.25) is 0 Å². The Kier molecular flexibility index (Phi) is 3.06. The van der Waals surface area contributed by atoms with Gasteiger partial charge in [-0.3, -0.25) is 14.6 Å². The molecule has 2 saturated heterocycles. The second-order valence-electron chi connectivity index (χ2n) is 4.96. The summed E-state index contributed by atoms with van der Waals surface area (Å²) >= 11 is 0. The molecule has 0 aliphatic carbocycles. The minimum absolute atomic E-state index is 0.0315. The van der Waals surface area contributed by atoms with Gasteiger partial charge in [0.2, 0.25) is 5.91 Å². The molecule has 0 radical (unpaired) electrons. The molecule has 2 aliphatic heterocycles. The minimum Gasteiger partial charge on any atom is -0.313 e. The molecule has 0 spiro atoms. The van der Waals surface area contributed by atoms with Gasteiger partial charge in [0.1, 0.15) is 6.04 Å². The highest BCUT2D eigenvalue weighted by Crippen LogP contribution is 2.24. The number of aryl methyl sites for hydroxylation is 1. The van der Waals surface area contributed by atoms with E-state index in [1.165, 1.54) is 5.56 Å². The lowest BCUT2D eigenvalue weighted by atomic mass is 10.1. The normalized spacial score (nSPS) is 24.4. The highest BCUT2D eigenvalue weighted by Gasteiger charge is 2.40. The Bertz CT molecular complexity index is 460. The van der Waals surface area contributed by atoms with E-state index in [9.17, 15) is 4.79 Å². The van der Waals surface area contributed by atoms with Crippen LogP contribution in [-0.4, -0.2) is 43.2 Å². The topological polar surface area (TPSA) is 35.6 Å². The zero-order chi connectivity index (χ0) is 12.5. The van der Waals surface area contributed by atoms with Gasteiger partial charge in [0.15, 0.2) is 0 Å². The summed E-state index contributed by atoms with van der Waals surface area (Å²) < 4.78 is 0. The second-order valence-corrected chi connectivity index (χ2v) is 4.96. The second kappa shape index (κ2) is 4.71. The van der Waals surface area contributed by atoms with Crippen LogP contribution in [0.4, 0.5) is 5.69 Å². The van der Waals surface area contributed by atoms with Crippen LogP contribution in [0.3, 0.4) is 0 Å². The largest absolute Gasteiger partial charge is 0.313 e. The van der Waals surface area contributed by atoms with Crippen LogP contribution in [0, 0.1) is 0 Å². The van der Waals surface area contributed by atoms with Gasteiger partial charge in [-0.25, -0.2) is 0 Å². The van der Waals surface area contributed by atoms with Gasteiger partial charge >= 0.3 is 0 Å². The zero-order valence-corrected chi connectivity index (χ0v) is 10.7. The van der Waals surface area contributed by atoms with Crippen molar-refractivity contribution >= 4 is 11.6 Å². The SMILES string of the molecule is CCc1cccc(N2CN3CCNCC3C2=O)c1. The van der Waals surface area contributed by atoms with Crippen molar-refractivity contribution in [2.24, 2.45) is 0 Å². The third kappa shape index (κ3) is 1.91. The van der Waals surface area contributed by atoms with Crippen LogP contribution in [-0.2, 0) is 11.2 Å². The smallest absolute Gasteiger partial charge is 0.246 e. The molecule has 4 heteroatoms. The molecular weight excluding hydrogens is 226 g/mol. The summed E-state index contributed by atoms with van der Waals surface area (Å²) in [6.45, 7) is 5.59. The first-order valence-corrected chi connectivity index (χ1v) is 6.64. The van der Waals surface area contributed by atoms with Gasteiger partial charge in [0, 0.05) is 25.3 Å². The first-order valence-electron chi connectivity index (χ1n) is 6.64. The van der Waals surface area contributed by atoms with Gasteiger partial charge in [-0.05, 0) is 24.1 Å². The Morgan fingerprint density at radius 1 is 1.44 bits per heavy atom. The standard InChI is InChI=1S/C14H19N3O/c1-2-11-4-3-5-12(8-11)17-10-16-7-6-15-9-13(16)14(17)18/h3-5,8,13,15H,2,6-7,9-10H2,1H3. The van der Waals surface area contributed by atoms with Crippen molar-refractivity contribution in [3.05, 3.63) is 29.8 Å². The monoisotopic (exact) mass is 245 g/mol. The molecule has 0 saturated carbocycles. The number of amides is 1. The molecule has 1 aromatic rings. The van der Waals surface area contributed by atoms with E-state index in [2.05, 4.69) is 29.3 Å². The lowest BCUT2D eigenvalue weighted by Gasteiger charge is -2.26. The molecule has 3 rings (SSSR count). The molecule has 2 heterocycles. The fraction of sp³-hybridized carbons (Fsp3) is 0.500. The Morgan fingerprint density at radius 2 is 2.33 bits per heavy atom. The third-order valence-electron chi connectivity index (χ3n) is 3.86. The number of nitrogens with one attached hydrogen (secondary N) is 1. The predicted molar refractivity (Wildman–Crippen MR) is 71.5 cm³/mol. The van der Waals surface area contributed by atoms with Crippen molar-refractivity contribution in [2.45, 2.75) is 19.4 Å². The van der Waals surface area contributed by atoms with E-state index < -0.39 is 0 Å². The van der Waals surface area contributed by atoms with Gasteiger partial charge < -0.3 is 5.32 Å². The number of benzene rings is 1. The van der Waals surface area contributed by atoms with Crippen LogP contribution in [0.1, 0.15) is 12.5 Å². The van der Waals surface area contributed by atoms with E-state index >= 15 is 0 Å². The number of piperazine rings is 1. The van der Waals surface area contributed by atoms with Crippen LogP contribution in [0.15, 0.2) is 24.3 Å². The summed E-state index contributed by atoms with van der Waals surface area (Å²) in [4.78, 5) is 16.6. The Morgan fingerprint density at radius 3 is 3.11 bits per heavy atom. The van der Waals surface area contributed by atoms with E-state index in [4.69, 9.17) is 0 Å². The predicted octanol–water partition coefficient (Wildman–Crippen LogP) is 0.827. The number of hydrogen-bond donors (Lipinski definition) is 1. The molecule has 1 unspecified atom stereocenters. The lowest BCUT2D eigenvalue weighted by molar-refractivity contribution is -0.119. The number of carbonyl (C=O) groups is 1. The molecule has 4 nitrogen and oxygen atoms in total. The maximum atomic E-state index is 12.4. The third-order valence-corrected chi connectivity index (χ3v) is 3.86. The minimum atomic E-state index is 0.0315. The number of nitrogens with zero attached hydrogens (tertiary/aromatic N) is 2. The van der Waals surface area contributed by atoms with E-state index in [1.54, 1.807) is 0 Å². The first kappa shape index (κ1) is 11.7. The van der Waals surface area contributed by atoms with Crippen LogP contribution in [0.25, 0.3) is 0 Å². The fourth-order valence-electron chi connectivity index (χ4n) is 2.74. The molecule has 0 aromatic heterocycles. The van der Waals surface area contributed by atoms with Crippen LogP contribution < -0.4 is 10.2 Å². The molecule has 2 fully saturated rings. The van der Waals surface area contributed by atoms with Crippen LogP contribution in [0.5, 0.6) is 0 Å². The molecule has 0 bridgehead atoms. The maximum absolute atomic E-state index is 12.4. The Hall–Kier alpha value is -1.39. The maximum Gasteiger partial charge on any atom is 0.246 e. The summed E-state index contributed by atoms with van der Waals surface area (Å²) in [6, 6.07) is 8.34. The van der Waals surface area contributed by atoms with Gasteiger partial charge in [0.05, 0.1) is 6.67 Å². The Labute approximate surface area is 108 Å². The van der Waals surface area contributed by atoms with Gasteiger partial charge in [0.25, 0.3) is 0 Å². The van der Waals surface area contributed by atoms with Gasteiger partial charge in [-0.1, -0.05) is 19.1 Å². The number of anilines is 1. The highest BCUT2D eigenvalue weighted by atomic mass is 16.2. The fourth-order valence-corrected chi connectivity index (χ4v) is 2.74. The molecule has 96 valence electrons. The molecular formula is C14H19N3O. The molecule has 1 atom stereocenters. The van der Waals surface area contributed by atoms with Crippen molar-refractivity contribution in [1.82, 2.24) is 10.2 Å². The Balaban J connectivity index is 1.86. The quantitative estimate of drug-likeness (QED) is 0.838. The summed E-state index contributed by atoms with van der Waals surface area (Å²) in [5, 5.41) is 3.29. The average molecular weight is 245 g/mol. The molecule has 2 aliphatic rings. The van der Waals surface area contributed by atoms with E-state index in [1.807, 2.05) is 17.0 Å². The number of fused-ring (bicyclic) bond motifs is 1. The van der Waals surface area contributed by atoms with E-state index in [0.717, 1.165) is 38.4 Å². The lowest BCUT2D eigenvalue weighted by Crippen LogP contribution is -2.50. The summed E-state index contributed by atoms with van der Waals surface area (Å²) in [5.74, 6) is 0.232. The molecule has 18 heavy (non-hydrogen) atoms. The van der Waals surface area contributed by atoms with E-state index in [-0.39, 0.29) is 11.9 Å². The molecule has 1 N–H and O–H groups in total. The van der Waals surface area contributed by atoms with Crippen LogP contribution >= 0.6 is 0 Å². The van der Waals surface area contributed by atoms with Gasteiger partial charge in [-0.2, -0.15) is 0 Å². The summed E-state index contributed by atoms with van der Waals surface area (Å²) in [7, 11) is 0. The first-order chi connectivity index (χ1) is 8.79. The van der Waals surface area contributed by atoms with Crippen molar-refractivity contribution in [3.8, 4) is 0 Å². The van der Waals surface area contributed by atoms with E-state index in [0.29, 0.717) is 0 Å². The highest BCUT2D eigenvalue weighted by molar-refractivity contribution is 5.99. The summed E-state index contributed by atoms with van der Waals surface area (Å²) in [6.07, 6.45) is 1.00. The van der Waals surface area contributed by atoms with Crippen molar-refractivity contribution in [2.75, 3.05) is 31.2 Å². The van der Waals surface area contributed by atoms with Crippen molar-refractivity contribution in [1.29, 1.82) is 0 Å². The van der Waals surface area contributed by atoms with Gasteiger partial charge in [-0.15, -0.1) is 0 Å². The number of carbonyl (C=O) groups excluding carboxylic acids is 1. The average Bonchev–Trinajstić information content (AvgIpc) is 2.77. The molecule has 1 amide bonds.